The number of rotatable bonds is 3. The topological polar surface area (TPSA) is 34.4 Å². The van der Waals surface area contributed by atoms with E-state index in [1.807, 2.05) is 0 Å². The first-order chi connectivity index (χ1) is 15.6. The van der Waals surface area contributed by atoms with Gasteiger partial charge in [-0.25, -0.2) is 0 Å². The highest BCUT2D eigenvalue weighted by atomic mass is 16.5. The Bertz CT molecular complexity index is 1410. The molecule has 2 heterocycles. The number of aliphatic hydroxyl groups excluding tert-OH is 1. The van der Waals surface area contributed by atoms with Gasteiger partial charge in [-0.3, -0.25) is 0 Å². The molecule has 170 valence electrons. The van der Waals surface area contributed by atoms with Crippen molar-refractivity contribution in [3.8, 4) is 5.75 Å². The summed E-state index contributed by atoms with van der Waals surface area (Å²) in [5.74, 6) is 0.793. The molecule has 1 N–H and O–H groups in total. The SMILES string of the molecule is Cc1cccc(Cn2c3ccc(C(C)(C)C)cc3c3cc(CO)c4c(c32)C=CC(C)(C)O4)c1. The van der Waals surface area contributed by atoms with Crippen LogP contribution in [0.5, 0.6) is 5.75 Å². The normalized spacial score (nSPS) is 15.1. The van der Waals surface area contributed by atoms with Gasteiger partial charge in [-0.1, -0.05) is 56.7 Å². The Morgan fingerprint density at radius 2 is 1.79 bits per heavy atom. The molecule has 0 radical (unpaired) electrons. The standard InChI is InChI=1S/C30H33NO2/c1-19-8-7-9-20(14-19)17-31-26-11-10-22(29(2,3)4)16-24(26)25-15-21(18-32)28-23(27(25)31)12-13-30(5,6)33-28/h7-16,32H,17-18H2,1-6H3. The molecule has 1 aliphatic rings. The van der Waals surface area contributed by atoms with E-state index in [2.05, 4.69) is 107 Å². The Labute approximate surface area is 196 Å². The van der Waals surface area contributed by atoms with E-state index in [-0.39, 0.29) is 12.0 Å². The number of aryl methyl sites for hydroxylation is 1. The van der Waals surface area contributed by atoms with E-state index in [9.17, 15) is 5.11 Å². The van der Waals surface area contributed by atoms with Crippen LogP contribution in [0.15, 0.2) is 54.6 Å². The average molecular weight is 440 g/mol. The van der Waals surface area contributed by atoms with Gasteiger partial charge in [0.15, 0.2) is 0 Å². The van der Waals surface area contributed by atoms with Crippen LogP contribution >= 0.6 is 0 Å². The number of hydrogen-bond acceptors (Lipinski definition) is 2. The van der Waals surface area contributed by atoms with E-state index < -0.39 is 5.60 Å². The van der Waals surface area contributed by atoms with E-state index >= 15 is 0 Å². The zero-order chi connectivity index (χ0) is 23.5. The van der Waals surface area contributed by atoms with Crippen molar-refractivity contribution in [3.63, 3.8) is 0 Å². The molecule has 0 amide bonds. The molecule has 33 heavy (non-hydrogen) atoms. The maximum atomic E-state index is 10.2. The maximum Gasteiger partial charge on any atom is 0.135 e. The monoisotopic (exact) mass is 439 g/mol. The second-order valence-electron chi connectivity index (χ2n) is 10.9. The minimum Gasteiger partial charge on any atom is -0.483 e. The van der Waals surface area contributed by atoms with E-state index in [4.69, 9.17) is 4.74 Å². The van der Waals surface area contributed by atoms with Gasteiger partial charge in [0, 0.05) is 34.0 Å². The van der Waals surface area contributed by atoms with Crippen LogP contribution in [0.4, 0.5) is 0 Å². The van der Waals surface area contributed by atoms with Gasteiger partial charge in [0.1, 0.15) is 11.4 Å². The predicted octanol–water partition coefficient (Wildman–Crippen LogP) is 7.13. The third kappa shape index (κ3) is 3.75. The molecule has 4 aromatic rings. The van der Waals surface area contributed by atoms with Gasteiger partial charge in [-0.15, -0.1) is 0 Å². The third-order valence-corrected chi connectivity index (χ3v) is 6.69. The van der Waals surface area contributed by atoms with E-state index in [0.717, 1.165) is 28.9 Å². The lowest BCUT2D eigenvalue weighted by Crippen LogP contribution is -2.28. The van der Waals surface area contributed by atoms with Crippen molar-refractivity contribution >= 4 is 27.9 Å². The quantitative estimate of drug-likeness (QED) is 0.369. The lowest BCUT2D eigenvalue weighted by atomic mass is 9.86. The van der Waals surface area contributed by atoms with E-state index in [1.54, 1.807) is 0 Å². The minimum absolute atomic E-state index is 0.0499. The molecule has 3 nitrogen and oxygen atoms in total. The molecule has 0 saturated carbocycles. The second-order valence-corrected chi connectivity index (χ2v) is 10.9. The molecule has 3 aromatic carbocycles. The highest BCUT2D eigenvalue weighted by Gasteiger charge is 2.28. The number of fused-ring (bicyclic) bond motifs is 5. The predicted molar refractivity (Wildman–Crippen MR) is 138 cm³/mol. The molecule has 0 unspecified atom stereocenters. The summed E-state index contributed by atoms with van der Waals surface area (Å²) in [7, 11) is 0. The molecule has 1 aliphatic heterocycles. The van der Waals surface area contributed by atoms with Crippen molar-refractivity contribution in [2.24, 2.45) is 0 Å². The molecule has 0 atom stereocenters. The number of benzene rings is 3. The van der Waals surface area contributed by atoms with Gasteiger partial charge in [-0.05, 0) is 67.7 Å². The van der Waals surface area contributed by atoms with Gasteiger partial charge in [-0.2, -0.15) is 0 Å². The Hall–Kier alpha value is -3.04. The number of aromatic nitrogens is 1. The van der Waals surface area contributed by atoms with Crippen LogP contribution < -0.4 is 4.74 Å². The Balaban J connectivity index is 1.88. The first kappa shape index (κ1) is 21.8. The Kier molecular flexibility index (Phi) is 4.95. The highest BCUT2D eigenvalue weighted by molar-refractivity contribution is 6.12. The summed E-state index contributed by atoms with van der Waals surface area (Å²) < 4.78 is 8.80. The van der Waals surface area contributed by atoms with Crippen molar-refractivity contribution in [3.05, 3.63) is 82.4 Å². The van der Waals surface area contributed by atoms with Crippen molar-refractivity contribution in [2.75, 3.05) is 0 Å². The van der Waals surface area contributed by atoms with E-state index in [0.29, 0.717) is 0 Å². The molecule has 1 aromatic heterocycles. The van der Waals surface area contributed by atoms with Crippen LogP contribution in [-0.4, -0.2) is 15.3 Å². The highest BCUT2D eigenvalue weighted by Crippen LogP contribution is 2.43. The van der Waals surface area contributed by atoms with Gasteiger partial charge in [0.25, 0.3) is 0 Å². The van der Waals surface area contributed by atoms with E-state index in [1.165, 1.54) is 33.0 Å². The lowest BCUT2D eigenvalue weighted by Gasteiger charge is -2.30. The molecular weight excluding hydrogens is 406 g/mol. The van der Waals surface area contributed by atoms with Gasteiger partial charge in [0.05, 0.1) is 12.1 Å². The number of ether oxygens (including phenoxy) is 1. The molecule has 0 fully saturated rings. The zero-order valence-corrected chi connectivity index (χ0v) is 20.5. The van der Waals surface area contributed by atoms with Crippen molar-refractivity contribution in [1.82, 2.24) is 4.57 Å². The molecule has 3 heteroatoms. The summed E-state index contributed by atoms with van der Waals surface area (Å²) in [5.41, 5.74) is 7.75. The number of aliphatic hydroxyl groups is 1. The molecule has 0 bridgehead atoms. The first-order valence-corrected chi connectivity index (χ1v) is 11.7. The Morgan fingerprint density at radius 3 is 2.48 bits per heavy atom. The lowest BCUT2D eigenvalue weighted by molar-refractivity contribution is 0.153. The fourth-order valence-corrected chi connectivity index (χ4v) is 4.93. The maximum absolute atomic E-state index is 10.2. The molecule has 0 aliphatic carbocycles. The molecular formula is C30H33NO2. The smallest absolute Gasteiger partial charge is 0.135 e. The summed E-state index contributed by atoms with van der Waals surface area (Å²) in [6, 6.07) is 17.7. The van der Waals surface area contributed by atoms with Gasteiger partial charge >= 0.3 is 0 Å². The fourth-order valence-electron chi connectivity index (χ4n) is 4.93. The van der Waals surface area contributed by atoms with Crippen LogP contribution in [0.2, 0.25) is 0 Å². The summed E-state index contributed by atoms with van der Waals surface area (Å²) in [6.07, 6.45) is 4.29. The molecule has 0 saturated heterocycles. The summed E-state index contributed by atoms with van der Waals surface area (Å²) >= 11 is 0. The fraction of sp³-hybridized carbons (Fsp3) is 0.333. The third-order valence-electron chi connectivity index (χ3n) is 6.69. The van der Waals surface area contributed by atoms with Crippen LogP contribution in [0, 0.1) is 6.92 Å². The minimum atomic E-state index is -0.405. The van der Waals surface area contributed by atoms with Crippen molar-refractivity contribution in [1.29, 1.82) is 0 Å². The second kappa shape index (κ2) is 7.50. The largest absolute Gasteiger partial charge is 0.483 e. The summed E-state index contributed by atoms with van der Waals surface area (Å²) in [5, 5.41) is 12.6. The van der Waals surface area contributed by atoms with Crippen molar-refractivity contribution in [2.45, 2.75) is 65.7 Å². The van der Waals surface area contributed by atoms with Crippen LogP contribution in [-0.2, 0) is 18.6 Å². The van der Waals surface area contributed by atoms with Crippen LogP contribution in [0.3, 0.4) is 0 Å². The summed E-state index contributed by atoms with van der Waals surface area (Å²) in [4.78, 5) is 0. The Morgan fingerprint density at radius 1 is 1.00 bits per heavy atom. The average Bonchev–Trinajstić information content (AvgIpc) is 3.04. The molecule has 5 rings (SSSR count). The van der Waals surface area contributed by atoms with Crippen LogP contribution in [0.1, 0.15) is 62.4 Å². The van der Waals surface area contributed by atoms with Gasteiger partial charge < -0.3 is 14.4 Å². The van der Waals surface area contributed by atoms with Crippen molar-refractivity contribution < 1.29 is 9.84 Å². The number of hydrogen-bond donors (Lipinski definition) is 1. The number of nitrogens with zero attached hydrogens (tertiary/aromatic N) is 1. The van der Waals surface area contributed by atoms with Crippen LogP contribution in [0.25, 0.3) is 27.9 Å². The molecule has 0 spiro atoms. The first-order valence-electron chi connectivity index (χ1n) is 11.7. The zero-order valence-electron chi connectivity index (χ0n) is 20.5. The van der Waals surface area contributed by atoms with Gasteiger partial charge in [0.2, 0.25) is 0 Å². The summed E-state index contributed by atoms with van der Waals surface area (Å²) in [6.45, 7) is 13.7.